The molecule has 0 radical (unpaired) electrons. The lowest BCUT2D eigenvalue weighted by atomic mass is 10.2. The molecule has 1 N–H and O–H groups in total. The molecule has 5 nitrogen and oxygen atoms in total. The molecule has 0 atom stereocenters. The molecular weight excluding hydrogens is 336 g/mol. The fraction of sp³-hybridized carbons (Fsp3) is 0.125. The monoisotopic (exact) mass is 348 g/mol. The van der Waals surface area contributed by atoms with Gasteiger partial charge in [0, 0.05) is 5.02 Å². The number of halogens is 1. The molecule has 0 fully saturated rings. The van der Waals surface area contributed by atoms with Gasteiger partial charge in [-0.3, -0.25) is 4.79 Å². The highest BCUT2D eigenvalue weighted by Crippen LogP contribution is 2.15. The second kappa shape index (κ2) is 7.27. The summed E-state index contributed by atoms with van der Waals surface area (Å²) in [5.41, 5.74) is 1.12. The summed E-state index contributed by atoms with van der Waals surface area (Å²) in [7, 11) is -3.62. The molecular formula is C16H13ClN2O3S. The van der Waals surface area contributed by atoms with Crippen molar-refractivity contribution in [3.63, 3.8) is 0 Å². The van der Waals surface area contributed by atoms with Crippen molar-refractivity contribution in [1.82, 2.24) is 0 Å². The number of para-hydroxylation sites is 1. The zero-order chi connectivity index (χ0) is 16.9. The number of hydrogen-bond donors (Lipinski definition) is 1. The zero-order valence-electron chi connectivity index (χ0n) is 12.0. The van der Waals surface area contributed by atoms with Gasteiger partial charge in [0.15, 0.2) is 9.84 Å². The maximum absolute atomic E-state index is 12.1. The van der Waals surface area contributed by atoms with Crippen molar-refractivity contribution in [2.45, 2.75) is 5.75 Å². The topological polar surface area (TPSA) is 87.0 Å². The quantitative estimate of drug-likeness (QED) is 0.900. The lowest BCUT2D eigenvalue weighted by Gasteiger charge is -2.08. The summed E-state index contributed by atoms with van der Waals surface area (Å²) in [6.07, 6.45) is 0. The highest BCUT2D eigenvalue weighted by atomic mass is 35.5. The fourth-order valence-corrected chi connectivity index (χ4v) is 3.36. The number of benzene rings is 2. The van der Waals surface area contributed by atoms with Gasteiger partial charge in [-0.05, 0) is 29.8 Å². The van der Waals surface area contributed by atoms with Crippen LogP contribution in [0.4, 0.5) is 5.69 Å². The third-order valence-electron chi connectivity index (χ3n) is 2.97. The summed E-state index contributed by atoms with van der Waals surface area (Å²) in [4.78, 5) is 11.9. The predicted octanol–water partition coefficient (Wildman–Crippen LogP) is 2.77. The molecule has 0 saturated heterocycles. The number of rotatable bonds is 5. The molecule has 2 rings (SSSR count). The summed E-state index contributed by atoms with van der Waals surface area (Å²) in [5.74, 6) is -1.59. The van der Waals surface area contributed by atoms with Crippen LogP contribution < -0.4 is 5.32 Å². The van der Waals surface area contributed by atoms with E-state index in [1.807, 2.05) is 6.07 Å². The minimum atomic E-state index is -3.62. The normalized spacial score (nSPS) is 10.8. The summed E-state index contributed by atoms with van der Waals surface area (Å²) in [6, 6.07) is 14.7. The Morgan fingerprint density at radius 3 is 2.43 bits per heavy atom. The van der Waals surface area contributed by atoms with Crippen LogP contribution in [-0.4, -0.2) is 20.1 Å². The molecule has 0 saturated carbocycles. The van der Waals surface area contributed by atoms with Crippen molar-refractivity contribution >= 4 is 33.0 Å². The minimum absolute atomic E-state index is 0.252. The zero-order valence-corrected chi connectivity index (χ0v) is 13.6. The van der Waals surface area contributed by atoms with Crippen LogP contribution in [0.25, 0.3) is 0 Å². The number of sulfone groups is 1. The fourth-order valence-electron chi connectivity index (χ4n) is 1.96. The molecule has 0 unspecified atom stereocenters. The Hall–Kier alpha value is -2.36. The summed E-state index contributed by atoms with van der Waals surface area (Å²) in [5, 5.41) is 11.9. The Bertz CT molecular complexity index is 856. The van der Waals surface area contributed by atoms with Crippen LogP contribution in [0.2, 0.25) is 5.02 Å². The van der Waals surface area contributed by atoms with E-state index in [4.69, 9.17) is 16.9 Å². The average Bonchev–Trinajstić information content (AvgIpc) is 2.49. The van der Waals surface area contributed by atoms with E-state index >= 15 is 0 Å². The number of nitriles is 1. The number of carbonyl (C=O) groups is 1. The maximum atomic E-state index is 12.1. The van der Waals surface area contributed by atoms with E-state index in [0.717, 1.165) is 0 Å². The molecule has 2 aromatic carbocycles. The first-order valence-electron chi connectivity index (χ1n) is 6.63. The Morgan fingerprint density at radius 1 is 1.13 bits per heavy atom. The third-order valence-corrected chi connectivity index (χ3v) is 4.70. The van der Waals surface area contributed by atoms with Crippen LogP contribution >= 0.6 is 11.6 Å². The van der Waals surface area contributed by atoms with Gasteiger partial charge in [-0.1, -0.05) is 35.9 Å². The van der Waals surface area contributed by atoms with Gasteiger partial charge in [-0.25, -0.2) is 8.42 Å². The second-order valence-electron chi connectivity index (χ2n) is 4.86. The number of nitrogens with zero attached hydrogens (tertiary/aromatic N) is 1. The molecule has 7 heteroatoms. The second-order valence-corrected chi connectivity index (χ2v) is 7.37. The van der Waals surface area contributed by atoms with E-state index in [0.29, 0.717) is 16.3 Å². The first kappa shape index (κ1) is 17.0. The molecule has 23 heavy (non-hydrogen) atoms. The van der Waals surface area contributed by atoms with Gasteiger partial charge >= 0.3 is 0 Å². The van der Waals surface area contributed by atoms with Crippen LogP contribution in [0, 0.1) is 11.3 Å². The molecule has 0 bridgehead atoms. The Morgan fingerprint density at radius 2 is 1.78 bits per heavy atom. The van der Waals surface area contributed by atoms with E-state index in [2.05, 4.69) is 5.32 Å². The van der Waals surface area contributed by atoms with Crippen molar-refractivity contribution in [3.8, 4) is 6.07 Å². The predicted molar refractivity (Wildman–Crippen MR) is 88.7 cm³/mol. The van der Waals surface area contributed by atoms with E-state index in [9.17, 15) is 13.2 Å². The maximum Gasteiger partial charge on any atom is 0.239 e. The van der Waals surface area contributed by atoms with Crippen molar-refractivity contribution in [1.29, 1.82) is 5.26 Å². The summed E-state index contributed by atoms with van der Waals surface area (Å²) >= 11 is 5.75. The van der Waals surface area contributed by atoms with Crippen molar-refractivity contribution in [2.75, 3.05) is 11.1 Å². The van der Waals surface area contributed by atoms with Crippen LogP contribution in [0.5, 0.6) is 0 Å². The van der Waals surface area contributed by atoms with Crippen molar-refractivity contribution in [3.05, 3.63) is 64.7 Å². The first-order chi connectivity index (χ1) is 10.9. The molecule has 0 spiro atoms. The highest BCUT2D eigenvalue weighted by Gasteiger charge is 2.18. The molecule has 0 aromatic heterocycles. The van der Waals surface area contributed by atoms with Crippen LogP contribution in [0.3, 0.4) is 0 Å². The van der Waals surface area contributed by atoms with Gasteiger partial charge in [0.2, 0.25) is 5.91 Å². The average molecular weight is 349 g/mol. The summed E-state index contributed by atoms with van der Waals surface area (Å²) in [6.45, 7) is 0. The van der Waals surface area contributed by atoms with E-state index in [1.165, 1.54) is 6.07 Å². The lowest BCUT2D eigenvalue weighted by Crippen LogP contribution is -2.24. The molecule has 0 aliphatic carbocycles. The van der Waals surface area contributed by atoms with Crippen LogP contribution in [0.15, 0.2) is 48.5 Å². The lowest BCUT2D eigenvalue weighted by molar-refractivity contribution is -0.113. The van der Waals surface area contributed by atoms with Crippen molar-refractivity contribution in [2.24, 2.45) is 0 Å². The first-order valence-corrected chi connectivity index (χ1v) is 8.83. The van der Waals surface area contributed by atoms with E-state index < -0.39 is 21.5 Å². The number of nitrogens with one attached hydrogen (secondary N) is 1. The van der Waals surface area contributed by atoms with Gasteiger partial charge in [0.25, 0.3) is 0 Å². The Labute approximate surface area is 139 Å². The Kier molecular flexibility index (Phi) is 5.37. The Balaban J connectivity index is 2.04. The minimum Gasteiger partial charge on any atom is -0.324 e. The SMILES string of the molecule is N#Cc1ccccc1NC(=O)CS(=O)(=O)Cc1ccc(Cl)cc1. The molecule has 0 aliphatic rings. The standard InChI is InChI=1S/C16H13ClN2O3S/c17-14-7-5-12(6-8-14)10-23(21,22)11-16(20)19-15-4-2-1-3-13(15)9-18/h1-8H,10-11H2,(H,19,20). The number of hydrogen-bond acceptors (Lipinski definition) is 4. The van der Waals surface area contributed by atoms with Gasteiger partial charge in [0.1, 0.15) is 11.8 Å². The molecule has 1 amide bonds. The third kappa shape index (κ3) is 5.09. The van der Waals surface area contributed by atoms with Gasteiger partial charge in [-0.2, -0.15) is 5.26 Å². The number of anilines is 1. The van der Waals surface area contributed by atoms with Crippen molar-refractivity contribution < 1.29 is 13.2 Å². The molecule has 118 valence electrons. The van der Waals surface area contributed by atoms with Gasteiger partial charge < -0.3 is 5.32 Å². The summed E-state index contributed by atoms with van der Waals surface area (Å²) < 4.78 is 24.2. The van der Waals surface area contributed by atoms with Gasteiger partial charge in [0.05, 0.1) is 17.0 Å². The smallest absolute Gasteiger partial charge is 0.239 e. The van der Waals surface area contributed by atoms with Crippen LogP contribution in [0.1, 0.15) is 11.1 Å². The number of amides is 1. The van der Waals surface area contributed by atoms with E-state index in [1.54, 1.807) is 42.5 Å². The van der Waals surface area contributed by atoms with Gasteiger partial charge in [-0.15, -0.1) is 0 Å². The number of carbonyl (C=O) groups excluding carboxylic acids is 1. The van der Waals surface area contributed by atoms with Crippen LogP contribution in [-0.2, 0) is 20.4 Å². The van der Waals surface area contributed by atoms with E-state index in [-0.39, 0.29) is 11.3 Å². The highest BCUT2D eigenvalue weighted by molar-refractivity contribution is 7.91. The molecule has 0 aliphatic heterocycles. The largest absolute Gasteiger partial charge is 0.324 e. The molecule has 2 aromatic rings. The molecule has 0 heterocycles.